The molecule has 2 aromatic rings. The molecule has 2 rings (SSSR count). The van der Waals surface area contributed by atoms with E-state index in [1.54, 1.807) is 0 Å². The molecule has 0 atom stereocenters. The number of benzene rings is 2. The van der Waals surface area contributed by atoms with Crippen molar-refractivity contribution < 1.29 is 196 Å². The van der Waals surface area contributed by atoms with Crippen molar-refractivity contribution in [1.82, 2.24) is 0 Å². The molecule has 0 N–H and O–H groups in total. The fraction of sp³-hybridized carbons (Fsp3) is 0.500. The molecule has 0 saturated carbocycles. The summed E-state index contributed by atoms with van der Waals surface area (Å²) in [7, 11) is 0. The Morgan fingerprint density at radius 1 is 0.525 bits per heavy atom. The van der Waals surface area contributed by atoms with Gasteiger partial charge in [0.05, 0.1) is 0 Å². The van der Waals surface area contributed by atoms with Gasteiger partial charge in [-0.15, -0.1) is 5.56 Å². The SMILES string of the molecule is [CH-]=C([CH2-])c1ccc(C(C)(C)C)c(C(C)(C)C)c1.[CH2-]C([CH2-])c1ccc(C(C)(C)C)c(C(C)(C)C)c1.[Y].[Y].[Y].[Y].[Y].[Y]. The fourth-order valence-corrected chi connectivity index (χ4v) is 4.11. The van der Waals surface area contributed by atoms with E-state index in [0.717, 1.165) is 5.56 Å². The third-order valence-corrected chi connectivity index (χ3v) is 6.14. The number of allylic oxidation sites excluding steroid dienone is 1. The first-order valence-corrected chi connectivity index (χ1v) is 12.5. The average molecular weight is 992 g/mol. The van der Waals surface area contributed by atoms with Crippen molar-refractivity contribution in [2.75, 3.05) is 0 Å². The molecule has 0 saturated heterocycles. The monoisotopic (exact) mass is 992 g/mol. The Morgan fingerprint density at radius 3 is 1.10 bits per heavy atom. The van der Waals surface area contributed by atoms with E-state index in [-0.39, 0.29) is 224 Å². The Balaban J connectivity index is -0.000000126. The van der Waals surface area contributed by atoms with Crippen LogP contribution in [0.4, 0.5) is 0 Å². The largest absolute Gasteiger partial charge is 0.391 e. The van der Waals surface area contributed by atoms with Crippen LogP contribution in [-0.4, -0.2) is 0 Å². The first-order chi connectivity index (χ1) is 15.1. The topological polar surface area (TPSA) is 0 Å². The molecular weight excluding hydrogens is 942 g/mol. The van der Waals surface area contributed by atoms with Gasteiger partial charge in [0.15, 0.2) is 0 Å². The third-order valence-electron chi connectivity index (χ3n) is 6.14. The third kappa shape index (κ3) is 18.9. The molecule has 208 valence electrons. The first kappa shape index (κ1) is 57.0. The van der Waals surface area contributed by atoms with Gasteiger partial charge in [-0.1, -0.05) is 113 Å². The Kier molecular flexibility index (Phi) is 32.9. The minimum absolute atomic E-state index is 0. The molecule has 0 aliphatic rings. The number of rotatable bonds is 2. The molecular formula is C34H50Y6-4. The minimum Gasteiger partial charge on any atom is -0.391 e. The predicted molar refractivity (Wildman–Crippen MR) is 154 cm³/mol. The van der Waals surface area contributed by atoms with Crippen molar-refractivity contribution in [2.24, 2.45) is 0 Å². The van der Waals surface area contributed by atoms with Gasteiger partial charge in [0, 0.05) is 196 Å². The van der Waals surface area contributed by atoms with Gasteiger partial charge in [0.2, 0.25) is 0 Å². The summed E-state index contributed by atoms with van der Waals surface area (Å²) in [6.45, 7) is 44.7. The second-order valence-electron chi connectivity index (χ2n) is 13.8. The Hall–Kier alpha value is 4.67. The summed E-state index contributed by atoms with van der Waals surface area (Å²) in [6.07, 6.45) is 0. The molecule has 0 spiro atoms. The Morgan fingerprint density at radius 2 is 0.825 bits per heavy atom. The van der Waals surface area contributed by atoms with Gasteiger partial charge in [0.25, 0.3) is 0 Å². The van der Waals surface area contributed by atoms with E-state index >= 15 is 0 Å². The maximum atomic E-state index is 5.79. The predicted octanol–water partition coefficient (Wildman–Crippen LogP) is 9.95. The molecule has 0 heterocycles. The molecule has 0 nitrogen and oxygen atoms in total. The van der Waals surface area contributed by atoms with Crippen LogP contribution in [0.15, 0.2) is 36.4 Å². The molecule has 6 heteroatoms. The summed E-state index contributed by atoms with van der Waals surface area (Å²) in [5.41, 5.74) is 9.08. The molecule has 0 amide bonds. The van der Waals surface area contributed by atoms with E-state index in [1.165, 1.54) is 27.8 Å². The van der Waals surface area contributed by atoms with Crippen molar-refractivity contribution in [2.45, 2.75) is 111 Å². The van der Waals surface area contributed by atoms with Crippen LogP contribution < -0.4 is 0 Å². The average Bonchev–Trinajstić information content (AvgIpc) is 2.64. The van der Waals surface area contributed by atoms with E-state index in [2.05, 4.69) is 140 Å². The maximum Gasteiger partial charge on any atom is 0 e. The molecule has 0 aromatic heterocycles. The van der Waals surface area contributed by atoms with E-state index in [0.29, 0.717) is 5.57 Å². The maximum absolute atomic E-state index is 5.79. The van der Waals surface area contributed by atoms with Crippen LogP contribution in [0.25, 0.3) is 5.57 Å². The zero-order chi connectivity index (χ0) is 26.9. The fourth-order valence-electron chi connectivity index (χ4n) is 4.11. The number of hydrogen-bond donors (Lipinski definition) is 0. The second-order valence-corrected chi connectivity index (χ2v) is 13.8. The summed E-state index contributed by atoms with van der Waals surface area (Å²) in [6, 6.07) is 13.1. The van der Waals surface area contributed by atoms with Gasteiger partial charge in [-0.25, -0.2) is 5.56 Å². The van der Waals surface area contributed by atoms with Crippen LogP contribution >= 0.6 is 0 Å². The van der Waals surface area contributed by atoms with Gasteiger partial charge in [-0.05, 0) is 38.4 Å². The summed E-state index contributed by atoms with van der Waals surface area (Å²) < 4.78 is 0. The van der Waals surface area contributed by atoms with Crippen molar-refractivity contribution in [3.8, 4) is 0 Å². The molecule has 0 bridgehead atoms. The van der Waals surface area contributed by atoms with Crippen molar-refractivity contribution in [1.29, 1.82) is 0 Å². The van der Waals surface area contributed by atoms with E-state index in [1.807, 2.05) is 0 Å². The van der Waals surface area contributed by atoms with E-state index in [9.17, 15) is 0 Å². The first-order valence-electron chi connectivity index (χ1n) is 12.5. The minimum atomic E-state index is 0. The Bertz CT molecular complexity index is 995. The Labute approximate surface area is 401 Å². The molecule has 0 aliphatic heterocycles. The standard InChI is InChI=1S/C17H26.C17H24.6Y/c2*1-12(2)13-9-10-14(16(3,4)5)15(11-13)17(6,7)8;;;;;;/h9-12H,1-2H2,3-8H3;1,9-11H,2H2,3-8H3;;;;;;/q2*-2;;;;;;. The van der Waals surface area contributed by atoms with Crippen molar-refractivity contribution in [3.05, 3.63) is 97.1 Å². The molecule has 6 radical (unpaired) electrons. The summed E-state index contributed by atoms with van der Waals surface area (Å²) in [5.74, 6) is 0.102. The summed E-state index contributed by atoms with van der Waals surface area (Å²) >= 11 is 0. The number of hydrogen-bond acceptors (Lipinski definition) is 0. The van der Waals surface area contributed by atoms with E-state index < -0.39 is 0 Å². The van der Waals surface area contributed by atoms with Gasteiger partial charge >= 0.3 is 0 Å². The zero-order valence-electron chi connectivity index (χ0n) is 27.7. The van der Waals surface area contributed by atoms with Crippen LogP contribution in [0, 0.1) is 27.4 Å². The second kappa shape index (κ2) is 23.1. The molecule has 40 heavy (non-hydrogen) atoms. The normalized spacial score (nSPS) is 11.0. The molecule has 0 fully saturated rings. The molecule has 0 unspecified atom stereocenters. The van der Waals surface area contributed by atoms with Crippen LogP contribution in [0.2, 0.25) is 0 Å². The van der Waals surface area contributed by atoms with Crippen LogP contribution in [0.3, 0.4) is 0 Å². The van der Waals surface area contributed by atoms with Crippen molar-refractivity contribution in [3.63, 3.8) is 0 Å². The quantitative estimate of drug-likeness (QED) is 0.263. The molecule has 2 aromatic carbocycles. The smallest absolute Gasteiger partial charge is 0 e. The zero-order valence-corrected chi connectivity index (χ0v) is 44.7. The summed E-state index contributed by atoms with van der Waals surface area (Å²) in [5, 5.41) is 0. The van der Waals surface area contributed by atoms with Gasteiger partial charge in [-0.2, -0.15) is 12.1 Å². The summed E-state index contributed by atoms with van der Waals surface area (Å²) in [4.78, 5) is 0. The molecule has 0 aliphatic carbocycles. The van der Waals surface area contributed by atoms with Crippen LogP contribution in [0.1, 0.15) is 122 Å². The van der Waals surface area contributed by atoms with Gasteiger partial charge in [0.1, 0.15) is 0 Å². The van der Waals surface area contributed by atoms with Crippen molar-refractivity contribution >= 4 is 5.57 Å². The van der Waals surface area contributed by atoms with Crippen LogP contribution in [0.5, 0.6) is 0 Å². The van der Waals surface area contributed by atoms with Gasteiger partial charge < -0.3 is 32.9 Å². The van der Waals surface area contributed by atoms with Gasteiger partial charge in [-0.3, -0.25) is 5.92 Å². The van der Waals surface area contributed by atoms with Crippen LogP contribution in [-0.2, 0) is 218 Å². The van der Waals surface area contributed by atoms with E-state index in [4.69, 9.17) is 6.58 Å².